The summed E-state index contributed by atoms with van der Waals surface area (Å²) in [6.45, 7) is 0. The first-order valence-electron chi connectivity index (χ1n) is 5.71. The van der Waals surface area contributed by atoms with Gasteiger partial charge < -0.3 is 4.74 Å². The highest BCUT2D eigenvalue weighted by atomic mass is 19.3. The summed E-state index contributed by atoms with van der Waals surface area (Å²) in [6.07, 6.45) is 4.65. The highest BCUT2D eigenvalue weighted by Gasteiger charge is 2.36. The molecule has 2 fully saturated rings. The third-order valence-electron chi connectivity index (χ3n) is 3.54. The molecule has 0 spiro atoms. The number of ether oxygens (including phenoxy) is 1. The summed E-state index contributed by atoms with van der Waals surface area (Å²) in [5.41, 5.74) is 0. The van der Waals surface area contributed by atoms with E-state index in [1.165, 1.54) is 32.1 Å². The molecule has 1 nitrogen and oxygen atoms in total. The fraction of sp³-hybridized carbons (Fsp3) is 1.00. The van der Waals surface area contributed by atoms with Gasteiger partial charge in [0.2, 0.25) is 0 Å². The molecule has 0 bridgehead atoms. The van der Waals surface area contributed by atoms with Crippen molar-refractivity contribution < 1.29 is 13.5 Å². The Morgan fingerprint density at radius 1 is 0.929 bits per heavy atom. The molecule has 1 heterocycles. The Hall–Kier alpha value is -0.180. The van der Waals surface area contributed by atoms with Crippen LogP contribution in [0.5, 0.6) is 0 Å². The Labute approximate surface area is 83.8 Å². The second-order valence-electron chi connectivity index (χ2n) is 4.52. The van der Waals surface area contributed by atoms with Gasteiger partial charge in [-0.15, -0.1) is 0 Å². The molecule has 2 unspecified atom stereocenters. The molecule has 82 valence electrons. The van der Waals surface area contributed by atoms with Gasteiger partial charge in [-0.05, 0) is 31.6 Å². The van der Waals surface area contributed by atoms with Gasteiger partial charge in [-0.1, -0.05) is 19.3 Å². The topological polar surface area (TPSA) is 9.23 Å². The van der Waals surface area contributed by atoms with Crippen molar-refractivity contribution in [3.8, 4) is 0 Å². The lowest BCUT2D eigenvalue weighted by Crippen LogP contribution is -2.25. The van der Waals surface area contributed by atoms with Gasteiger partial charge in [-0.3, -0.25) is 0 Å². The normalized spacial score (nSPS) is 35.4. The quantitative estimate of drug-likeness (QED) is 0.670. The Morgan fingerprint density at radius 2 is 1.64 bits per heavy atom. The van der Waals surface area contributed by atoms with E-state index in [9.17, 15) is 8.78 Å². The van der Waals surface area contributed by atoms with Crippen LogP contribution < -0.4 is 0 Å². The largest absolute Gasteiger partial charge is 0.369 e. The third kappa shape index (κ3) is 2.25. The van der Waals surface area contributed by atoms with Crippen LogP contribution in [0.3, 0.4) is 0 Å². The maximum absolute atomic E-state index is 12.4. The zero-order valence-electron chi connectivity index (χ0n) is 8.42. The van der Waals surface area contributed by atoms with E-state index < -0.39 is 12.5 Å². The SMILES string of the molecule is FC(F)C1CCC(C2CCCCC2)O1. The van der Waals surface area contributed by atoms with Crippen LogP contribution in [0.25, 0.3) is 0 Å². The molecule has 3 heteroatoms. The molecule has 2 rings (SSSR count). The molecule has 0 aromatic heterocycles. The molecular formula is C11H18F2O. The van der Waals surface area contributed by atoms with Crippen molar-refractivity contribution in [2.45, 2.75) is 63.6 Å². The molecule has 0 aromatic carbocycles. The minimum Gasteiger partial charge on any atom is -0.369 e. The third-order valence-corrected chi connectivity index (χ3v) is 3.54. The van der Waals surface area contributed by atoms with Crippen molar-refractivity contribution in [1.29, 1.82) is 0 Å². The van der Waals surface area contributed by atoms with Gasteiger partial charge in [0.05, 0.1) is 6.10 Å². The van der Waals surface area contributed by atoms with Gasteiger partial charge in [-0.2, -0.15) is 0 Å². The molecule has 0 aromatic rings. The van der Waals surface area contributed by atoms with Gasteiger partial charge in [-0.25, -0.2) is 8.78 Å². The zero-order chi connectivity index (χ0) is 9.97. The van der Waals surface area contributed by atoms with Gasteiger partial charge >= 0.3 is 0 Å². The summed E-state index contributed by atoms with van der Waals surface area (Å²) >= 11 is 0. The fourth-order valence-corrected chi connectivity index (χ4v) is 2.73. The second kappa shape index (κ2) is 4.56. The van der Waals surface area contributed by atoms with Crippen molar-refractivity contribution in [2.75, 3.05) is 0 Å². The van der Waals surface area contributed by atoms with E-state index >= 15 is 0 Å². The molecule has 1 aliphatic carbocycles. The first-order chi connectivity index (χ1) is 6.77. The summed E-state index contributed by atoms with van der Waals surface area (Å²) in [7, 11) is 0. The summed E-state index contributed by atoms with van der Waals surface area (Å²) in [6, 6.07) is 0. The lowest BCUT2D eigenvalue weighted by atomic mass is 9.84. The van der Waals surface area contributed by atoms with E-state index in [0.29, 0.717) is 12.3 Å². The van der Waals surface area contributed by atoms with Crippen molar-refractivity contribution in [3.05, 3.63) is 0 Å². The van der Waals surface area contributed by atoms with Crippen LogP contribution in [0, 0.1) is 5.92 Å². The maximum atomic E-state index is 12.4. The molecule has 1 aliphatic heterocycles. The van der Waals surface area contributed by atoms with Crippen LogP contribution in [0.4, 0.5) is 8.78 Å². The fourth-order valence-electron chi connectivity index (χ4n) is 2.73. The summed E-state index contributed by atoms with van der Waals surface area (Å²) in [4.78, 5) is 0. The average molecular weight is 204 g/mol. The summed E-state index contributed by atoms with van der Waals surface area (Å²) in [5.74, 6) is 0.562. The summed E-state index contributed by atoms with van der Waals surface area (Å²) < 4.78 is 30.1. The molecule has 14 heavy (non-hydrogen) atoms. The van der Waals surface area contributed by atoms with Crippen LogP contribution in [0.15, 0.2) is 0 Å². The van der Waals surface area contributed by atoms with Crippen molar-refractivity contribution >= 4 is 0 Å². The van der Waals surface area contributed by atoms with Crippen LogP contribution >= 0.6 is 0 Å². The Bertz CT molecular complexity index is 178. The lowest BCUT2D eigenvalue weighted by molar-refractivity contribution is -0.0704. The molecule has 2 atom stereocenters. The first kappa shape index (κ1) is 10.3. The maximum Gasteiger partial charge on any atom is 0.264 e. The highest BCUT2D eigenvalue weighted by Crippen LogP contribution is 2.35. The Kier molecular flexibility index (Phi) is 3.37. The predicted octanol–water partition coefficient (Wildman–Crippen LogP) is 3.38. The number of hydrogen-bond donors (Lipinski definition) is 0. The van der Waals surface area contributed by atoms with E-state index in [-0.39, 0.29) is 6.10 Å². The number of rotatable bonds is 2. The monoisotopic (exact) mass is 204 g/mol. The number of halogens is 2. The molecule has 1 saturated heterocycles. The Morgan fingerprint density at radius 3 is 2.21 bits per heavy atom. The van der Waals surface area contributed by atoms with Crippen molar-refractivity contribution in [1.82, 2.24) is 0 Å². The Balaban J connectivity index is 1.82. The van der Waals surface area contributed by atoms with E-state index in [0.717, 1.165) is 6.42 Å². The zero-order valence-corrected chi connectivity index (χ0v) is 8.42. The molecule has 1 saturated carbocycles. The predicted molar refractivity (Wildman–Crippen MR) is 50.5 cm³/mol. The van der Waals surface area contributed by atoms with Crippen LogP contribution in [-0.2, 0) is 4.74 Å². The van der Waals surface area contributed by atoms with E-state index in [2.05, 4.69) is 0 Å². The lowest BCUT2D eigenvalue weighted by Gasteiger charge is -2.27. The van der Waals surface area contributed by atoms with Gasteiger partial charge in [0, 0.05) is 0 Å². The standard InChI is InChI=1S/C11H18F2O/c12-11(13)10-7-6-9(14-10)8-4-2-1-3-5-8/h8-11H,1-7H2. The molecule has 0 N–H and O–H groups in total. The van der Waals surface area contributed by atoms with Crippen LogP contribution in [0.2, 0.25) is 0 Å². The van der Waals surface area contributed by atoms with E-state index in [1.54, 1.807) is 0 Å². The van der Waals surface area contributed by atoms with Gasteiger partial charge in [0.15, 0.2) is 0 Å². The minimum absolute atomic E-state index is 0.134. The van der Waals surface area contributed by atoms with Crippen LogP contribution in [-0.4, -0.2) is 18.6 Å². The number of alkyl halides is 2. The van der Waals surface area contributed by atoms with Crippen molar-refractivity contribution in [3.63, 3.8) is 0 Å². The molecule has 0 radical (unpaired) electrons. The van der Waals surface area contributed by atoms with Gasteiger partial charge in [0.1, 0.15) is 6.10 Å². The van der Waals surface area contributed by atoms with E-state index in [4.69, 9.17) is 4.74 Å². The summed E-state index contributed by atoms with van der Waals surface area (Å²) in [5, 5.41) is 0. The minimum atomic E-state index is -2.29. The second-order valence-corrected chi connectivity index (χ2v) is 4.52. The van der Waals surface area contributed by atoms with Crippen molar-refractivity contribution in [2.24, 2.45) is 5.92 Å². The molecule has 0 amide bonds. The molecule has 2 aliphatic rings. The van der Waals surface area contributed by atoms with Crippen LogP contribution in [0.1, 0.15) is 44.9 Å². The average Bonchev–Trinajstić information content (AvgIpc) is 2.68. The van der Waals surface area contributed by atoms with E-state index in [1.807, 2.05) is 0 Å². The number of hydrogen-bond acceptors (Lipinski definition) is 1. The smallest absolute Gasteiger partial charge is 0.264 e. The first-order valence-corrected chi connectivity index (χ1v) is 5.71. The van der Waals surface area contributed by atoms with Gasteiger partial charge in [0.25, 0.3) is 6.43 Å². The molecular weight excluding hydrogens is 186 g/mol. The highest BCUT2D eigenvalue weighted by molar-refractivity contribution is 4.82.